The molecule has 1 N–H and O–H groups in total. The third-order valence-corrected chi connectivity index (χ3v) is 11.8. The normalized spacial score (nSPS) is 33.2. The summed E-state index contributed by atoms with van der Waals surface area (Å²) in [4.78, 5) is 25.8. The van der Waals surface area contributed by atoms with Crippen molar-refractivity contribution in [3.05, 3.63) is 33.1 Å². The maximum Gasteiger partial charge on any atom is 0.330 e. The molecule has 8 nitrogen and oxygen atoms in total. The summed E-state index contributed by atoms with van der Waals surface area (Å²) >= 11 is 0. The van der Waals surface area contributed by atoms with Gasteiger partial charge in [-0.05, 0) is 46.9 Å². The van der Waals surface area contributed by atoms with Crippen LogP contribution in [0.25, 0.3) is 0 Å². The predicted octanol–water partition coefficient (Wildman–Crippen LogP) is 4.72. The monoisotopic (exact) mass is 538 g/mol. The van der Waals surface area contributed by atoms with E-state index < -0.39 is 44.4 Å². The molecule has 194 valence electrons. The third kappa shape index (κ3) is 6.47. The summed E-state index contributed by atoms with van der Waals surface area (Å²) in [6.07, 6.45) is -2.89. The van der Waals surface area contributed by atoms with Gasteiger partial charge in [0.2, 0.25) is 0 Å². The van der Waals surface area contributed by atoms with Gasteiger partial charge in [0, 0.05) is 36.2 Å². The van der Waals surface area contributed by atoms with E-state index in [0.29, 0.717) is 23.0 Å². The summed E-state index contributed by atoms with van der Waals surface area (Å²) in [5.41, 5.74) is -1.34. The lowest BCUT2D eigenvalue weighted by Gasteiger charge is -2.37. The van der Waals surface area contributed by atoms with Crippen LogP contribution in [0.15, 0.2) is 21.9 Å². The lowest BCUT2D eigenvalue weighted by atomic mass is 9.99. The average molecular weight is 539 g/mol. The largest absolute Gasteiger partial charge is 0.349 e. The van der Waals surface area contributed by atoms with Crippen LogP contribution in [-0.4, -0.2) is 61.8 Å². The molecule has 2 fully saturated rings. The Bertz CT molecular complexity index is 923. The Morgan fingerprint density at radius 3 is 2.47 bits per heavy atom. The second-order valence-corrected chi connectivity index (χ2v) is 13.7. The van der Waals surface area contributed by atoms with Crippen LogP contribution in [0.2, 0.25) is 0 Å². The van der Waals surface area contributed by atoms with Gasteiger partial charge in [0.15, 0.2) is 12.4 Å². The highest BCUT2D eigenvalue weighted by atomic mass is 33.1. The number of aromatic amines is 1. The number of nitrogens with zero attached hydrogens (tertiary/aromatic N) is 2. The van der Waals surface area contributed by atoms with Crippen molar-refractivity contribution in [1.82, 2.24) is 14.2 Å². The zero-order valence-electron chi connectivity index (χ0n) is 21.5. The fourth-order valence-electron chi connectivity index (χ4n) is 4.34. The second kappa shape index (κ2) is 12.2. The molecule has 0 amide bonds. The van der Waals surface area contributed by atoms with Crippen molar-refractivity contribution in [2.45, 2.75) is 102 Å². The molecule has 0 aromatic carbocycles. The summed E-state index contributed by atoms with van der Waals surface area (Å²) in [5.74, 6) is 0.523. The van der Waals surface area contributed by atoms with Gasteiger partial charge in [-0.15, -0.1) is 0 Å². The van der Waals surface area contributed by atoms with E-state index >= 15 is 4.39 Å². The molecule has 7 unspecified atom stereocenters. The van der Waals surface area contributed by atoms with Gasteiger partial charge in [0.05, 0.1) is 12.7 Å². The first-order chi connectivity index (χ1) is 16.5. The van der Waals surface area contributed by atoms with Gasteiger partial charge in [-0.3, -0.25) is 14.3 Å². The molecule has 2 aliphatic heterocycles. The maximum atomic E-state index is 15.7. The Kier molecular flexibility index (Phi) is 9.57. The number of hydrogen-bond donors (Lipinski definition) is 1. The molecule has 0 bridgehead atoms. The molecule has 0 spiro atoms. The molecule has 1 aromatic rings. The van der Waals surface area contributed by atoms with Crippen molar-refractivity contribution in [2.75, 3.05) is 6.61 Å². The van der Waals surface area contributed by atoms with E-state index in [1.54, 1.807) is 0 Å². The Hall–Kier alpha value is -0.420. The van der Waals surface area contributed by atoms with Crippen LogP contribution < -0.4 is 11.2 Å². The van der Waals surface area contributed by atoms with Crippen molar-refractivity contribution in [1.29, 1.82) is 0 Å². The maximum absolute atomic E-state index is 15.7. The van der Waals surface area contributed by atoms with E-state index in [1.807, 2.05) is 49.3 Å². The molecule has 2 saturated heterocycles. The van der Waals surface area contributed by atoms with Crippen LogP contribution in [0.1, 0.15) is 62.5 Å². The molecule has 3 rings (SSSR count). The minimum atomic E-state index is -1.72. The van der Waals surface area contributed by atoms with Crippen molar-refractivity contribution in [3.63, 3.8) is 0 Å². The van der Waals surface area contributed by atoms with Gasteiger partial charge in [-0.1, -0.05) is 35.4 Å². The molecular formula is C22H37FN3O5PS2. The van der Waals surface area contributed by atoms with E-state index in [9.17, 15) is 9.59 Å². The summed E-state index contributed by atoms with van der Waals surface area (Å²) in [5, 5.41) is 1.08. The number of halogens is 1. The SMILES string of the molecule is [2H]CC1OC(n2ccc(=O)[nH]c2=O)C(F)C1OP(OCCC1C(C)SSC1C)N(C(C)C)C(C)C. The fraction of sp³-hybridized carbons (Fsp3) is 0.818. The van der Waals surface area contributed by atoms with Crippen molar-refractivity contribution in [3.8, 4) is 0 Å². The van der Waals surface area contributed by atoms with Gasteiger partial charge in [0.25, 0.3) is 14.1 Å². The first-order valence-electron chi connectivity index (χ1n) is 12.4. The number of nitrogens with one attached hydrogen (secondary N) is 1. The molecule has 2 aliphatic rings. The number of rotatable bonds is 10. The van der Waals surface area contributed by atoms with E-state index in [4.69, 9.17) is 15.2 Å². The van der Waals surface area contributed by atoms with Gasteiger partial charge in [0.1, 0.15) is 6.10 Å². The van der Waals surface area contributed by atoms with Gasteiger partial charge < -0.3 is 13.8 Å². The molecule has 0 radical (unpaired) electrons. The van der Waals surface area contributed by atoms with Crippen molar-refractivity contribution in [2.24, 2.45) is 5.92 Å². The standard InChI is InChI=1S/C22H37FN3O5PS2/c1-12(2)26(13(3)4)32(29-11-9-17-15(6)33-34-16(17)7)31-20-14(5)30-21(19(20)23)25-10-8-18(27)24-22(25)28/h8,10,12-17,19-21H,9,11H2,1-7H3,(H,24,27,28)/i5D. The molecular weight excluding hydrogens is 500 g/mol. The van der Waals surface area contributed by atoms with Gasteiger partial charge >= 0.3 is 5.69 Å². The summed E-state index contributed by atoms with van der Waals surface area (Å²) < 4.78 is 45.1. The molecule has 12 heteroatoms. The van der Waals surface area contributed by atoms with E-state index in [2.05, 4.69) is 23.5 Å². The zero-order chi connectivity index (χ0) is 25.9. The zero-order valence-corrected chi connectivity index (χ0v) is 23.1. The number of H-pyrrole nitrogens is 1. The first kappa shape index (κ1) is 26.6. The summed E-state index contributed by atoms with van der Waals surface area (Å²) in [6.45, 7) is 12.9. The van der Waals surface area contributed by atoms with Crippen LogP contribution in [0.5, 0.6) is 0 Å². The Morgan fingerprint density at radius 2 is 1.91 bits per heavy atom. The lowest BCUT2D eigenvalue weighted by molar-refractivity contribution is -0.0181. The van der Waals surface area contributed by atoms with E-state index in [-0.39, 0.29) is 19.0 Å². The topological polar surface area (TPSA) is 85.8 Å². The number of alkyl halides is 1. The van der Waals surface area contributed by atoms with Crippen LogP contribution in [-0.2, 0) is 13.8 Å². The molecule has 34 heavy (non-hydrogen) atoms. The van der Waals surface area contributed by atoms with Gasteiger partial charge in [-0.2, -0.15) is 0 Å². The highest BCUT2D eigenvalue weighted by Crippen LogP contribution is 2.52. The Balaban J connectivity index is 1.78. The Labute approximate surface area is 211 Å². The highest BCUT2D eigenvalue weighted by molar-refractivity contribution is 8.77. The number of hydrogen-bond acceptors (Lipinski definition) is 8. The predicted molar refractivity (Wildman–Crippen MR) is 138 cm³/mol. The average Bonchev–Trinajstić information content (AvgIpc) is 3.26. The van der Waals surface area contributed by atoms with Crippen molar-refractivity contribution < 1.29 is 19.5 Å². The highest BCUT2D eigenvalue weighted by Gasteiger charge is 2.48. The molecule has 7 atom stereocenters. The van der Waals surface area contributed by atoms with Crippen LogP contribution in [0.3, 0.4) is 0 Å². The number of ether oxygens (including phenoxy) is 1. The quantitative estimate of drug-likeness (QED) is 0.339. The molecule has 0 saturated carbocycles. The summed E-state index contributed by atoms with van der Waals surface area (Å²) in [7, 11) is 2.16. The lowest BCUT2D eigenvalue weighted by Crippen LogP contribution is -2.38. The smallest absolute Gasteiger partial charge is 0.330 e. The summed E-state index contributed by atoms with van der Waals surface area (Å²) in [6, 6.07) is 1.31. The van der Waals surface area contributed by atoms with Gasteiger partial charge in [-0.25, -0.2) is 13.9 Å². The van der Waals surface area contributed by atoms with Crippen molar-refractivity contribution >= 4 is 30.1 Å². The minimum Gasteiger partial charge on any atom is -0.349 e. The van der Waals surface area contributed by atoms with E-state index in [0.717, 1.165) is 17.1 Å². The Morgan fingerprint density at radius 1 is 1.26 bits per heavy atom. The minimum absolute atomic E-state index is 0.0870. The fourth-order valence-corrected chi connectivity index (χ4v) is 9.50. The van der Waals surface area contributed by atoms with E-state index in [1.165, 1.54) is 6.20 Å². The molecule has 0 aliphatic carbocycles. The number of aromatic nitrogens is 2. The van der Waals surface area contributed by atoms with Crippen LogP contribution in [0.4, 0.5) is 4.39 Å². The van der Waals surface area contributed by atoms with Crippen LogP contribution >= 0.6 is 30.1 Å². The molecule has 1 aromatic heterocycles. The molecule has 3 heterocycles. The first-order valence-corrected chi connectivity index (χ1v) is 15.1. The second-order valence-electron chi connectivity index (χ2n) is 9.29. The van der Waals surface area contributed by atoms with Crippen LogP contribution in [0, 0.1) is 5.92 Å². The third-order valence-electron chi connectivity index (χ3n) is 6.07.